The fourth-order valence-corrected chi connectivity index (χ4v) is 2.46. The van der Waals surface area contributed by atoms with Crippen molar-refractivity contribution >= 4 is 48.2 Å². The van der Waals surface area contributed by atoms with Gasteiger partial charge in [-0.1, -0.05) is 0 Å². The van der Waals surface area contributed by atoms with E-state index in [-0.39, 0.29) is 37.5 Å². The summed E-state index contributed by atoms with van der Waals surface area (Å²) in [5.41, 5.74) is 20.9. The summed E-state index contributed by atoms with van der Waals surface area (Å²) in [6.07, 6.45) is 0.295. The SMILES string of the molecule is NC(=O)CCC(N)C(=O)NCC(=O)NC(CS)C(=O)NC(CCCN=C(N)N)C(=O)O. The second-order valence-corrected chi connectivity index (χ2v) is 6.85. The standard InChI is InChI=1S/C16H30N8O6S/c17-8(3-4-11(18)25)13(27)22-6-12(26)23-10(7-31)14(28)24-9(15(29)30)2-1-5-21-16(19)20/h8-10,31H,1-7,17H2,(H2,18,25)(H,22,27)(H,23,26)(H,24,28)(H,29,30)(H4,19,20,21). The summed E-state index contributed by atoms with van der Waals surface area (Å²) in [5.74, 6) is -4.28. The number of nitrogens with one attached hydrogen (secondary N) is 3. The molecule has 176 valence electrons. The molecule has 0 aliphatic carbocycles. The Morgan fingerprint density at radius 1 is 0.968 bits per heavy atom. The van der Waals surface area contributed by atoms with Crippen LogP contribution in [0.1, 0.15) is 25.7 Å². The predicted molar refractivity (Wildman–Crippen MR) is 115 cm³/mol. The summed E-state index contributed by atoms with van der Waals surface area (Å²) in [5, 5.41) is 16.2. The Hall–Kier alpha value is -3.07. The first-order valence-electron chi connectivity index (χ1n) is 9.28. The van der Waals surface area contributed by atoms with Crippen molar-refractivity contribution in [1.82, 2.24) is 16.0 Å². The molecule has 3 unspecified atom stereocenters. The van der Waals surface area contributed by atoms with E-state index in [0.717, 1.165) is 0 Å². The first-order valence-corrected chi connectivity index (χ1v) is 9.91. The van der Waals surface area contributed by atoms with Gasteiger partial charge >= 0.3 is 5.97 Å². The van der Waals surface area contributed by atoms with Gasteiger partial charge in [0.25, 0.3) is 0 Å². The molecule has 0 heterocycles. The molecule has 31 heavy (non-hydrogen) atoms. The molecule has 0 spiro atoms. The molecule has 0 aromatic heterocycles. The van der Waals surface area contributed by atoms with E-state index in [1.165, 1.54) is 0 Å². The van der Waals surface area contributed by atoms with E-state index in [0.29, 0.717) is 6.42 Å². The lowest BCUT2D eigenvalue weighted by Gasteiger charge is -2.20. The van der Waals surface area contributed by atoms with Crippen LogP contribution < -0.4 is 38.9 Å². The first-order chi connectivity index (χ1) is 14.5. The van der Waals surface area contributed by atoms with E-state index in [2.05, 4.69) is 33.6 Å². The van der Waals surface area contributed by atoms with Crippen LogP contribution in [0, 0.1) is 0 Å². The van der Waals surface area contributed by atoms with Crippen molar-refractivity contribution in [3.8, 4) is 0 Å². The maximum atomic E-state index is 12.3. The Labute approximate surface area is 184 Å². The van der Waals surface area contributed by atoms with E-state index in [1.807, 2.05) is 0 Å². The van der Waals surface area contributed by atoms with Crippen LogP contribution in [0.15, 0.2) is 4.99 Å². The molecule has 0 saturated heterocycles. The van der Waals surface area contributed by atoms with Crippen LogP contribution in [0.25, 0.3) is 0 Å². The number of carbonyl (C=O) groups excluding carboxylic acids is 4. The predicted octanol–water partition coefficient (Wildman–Crippen LogP) is -4.27. The summed E-state index contributed by atoms with van der Waals surface area (Å²) in [7, 11) is 0. The zero-order valence-corrected chi connectivity index (χ0v) is 17.8. The minimum atomic E-state index is -1.26. The lowest BCUT2D eigenvalue weighted by molar-refractivity contribution is -0.142. The van der Waals surface area contributed by atoms with Crippen LogP contribution in [-0.2, 0) is 24.0 Å². The molecule has 0 fully saturated rings. The summed E-state index contributed by atoms with van der Waals surface area (Å²) in [6.45, 7) is -0.294. The number of hydrogen-bond acceptors (Lipinski definition) is 8. The number of aliphatic carboxylic acids is 1. The quantitative estimate of drug-likeness (QED) is 0.0493. The third-order valence-electron chi connectivity index (χ3n) is 3.86. The van der Waals surface area contributed by atoms with Crippen molar-refractivity contribution in [2.75, 3.05) is 18.8 Å². The minimum Gasteiger partial charge on any atom is -0.480 e. The average Bonchev–Trinajstić information content (AvgIpc) is 2.69. The Morgan fingerprint density at radius 3 is 2.13 bits per heavy atom. The van der Waals surface area contributed by atoms with Gasteiger partial charge in [-0.25, -0.2) is 4.79 Å². The number of hydrogen-bond donors (Lipinski definition) is 9. The highest BCUT2D eigenvalue weighted by atomic mass is 32.1. The molecular formula is C16H30N8O6S. The fourth-order valence-electron chi connectivity index (χ4n) is 2.20. The van der Waals surface area contributed by atoms with Gasteiger partial charge in [0, 0.05) is 18.7 Å². The van der Waals surface area contributed by atoms with Gasteiger partial charge in [-0.3, -0.25) is 24.2 Å². The molecule has 0 aliphatic rings. The third-order valence-corrected chi connectivity index (χ3v) is 4.22. The van der Waals surface area contributed by atoms with Gasteiger partial charge in [-0.15, -0.1) is 0 Å². The van der Waals surface area contributed by atoms with E-state index in [4.69, 9.17) is 22.9 Å². The Morgan fingerprint density at radius 2 is 1.61 bits per heavy atom. The first kappa shape index (κ1) is 27.9. The molecule has 14 nitrogen and oxygen atoms in total. The Kier molecular flexibility index (Phi) is 13.4. The number of thiol groups is 1. The van der Waals surface area contributed by atoms with Crippen LogP contribution in [0.2, 0.25) is 0 Å². The highest BCUT2D eigenvalue weighted by Gasteiger charge is 2.25. The van der Waals surface area contributed by atoms with Gasteiger partial charge in [-0.05, 0) is 19.3 Å². The summed E-state index contributed by atoms with van der Waals surface area (Å²) in [6, 6.07) is -3.39. The molecule has 3 atom stereocenters. The fraction of sp³-hybridized carbons (Fsp3) is 0.625. The van der Waals surface area contributed by atoms with Crippen molar-refractivity contribution in [2.24, 2.45) is 27.9 Å². The Balaban J connectivity index is 4.60. The van der Waals surface area contributed by atoms with Crippen LogP contribution in [0.4, 0.5) is 0 Å². The zero-order valence-electron chi connectivity index (χ0n) is 16.9. The number of amides is 4. The molecular weight excluding hydrogens is 432 g/mol. The van der Waals surface area contributed by atoms with E-state index >= 15 is 0 Å². The van der Waals surface area contributed by atoms with Gasteiger partial charge in [0.2, 0.25) is 23.6 Å². The van der Waals surface area contributed by atoms with Gasteiger partial charge in [-0.2, -0.15) is 12.6 Å². The average molecular weight is 463 g/mol. The van der Waals surface area contributed by atoms with Crippen molar-refractivity contribution < 1.29 is 29.1 Å². The number of carbonyl (C=O) groups is 5. The number of carboxylic acid groups (broad SMARTS) is 1. The maximum Gasteiger partial charge on any atom is 0.326 e. The van der Waals surface area contributed by atoms with Crippen LogP contribution in [-0.4, -0.2) is 77.6 Å². The number of primary amides is 1. The number of rotatable bonds is 15. The van der Waals surface area contributed by atoms with Gasteiger partial charge in [0.05, 0.1) is 12.6 Å². The number of nitrogens with two attached hydrogens (primary N) is 4. The number of carboxylic acids is 1. The van der Waals surface area contributed by atoms with Crippen molar-refractivity contribution in [1.29, 1.82) is 0 Å². The van der Waals surface area contributed by atoms with Crippen LogP contribution >= 0.6 is 12.6 Å². The lowest BCUT2D eigenvalue weighted by Crippen LogP contribution is -2.54. The molecule has 0 saturated carbocycles. The number of guanidine groups is 1. The minimum absolute atomic E-state index is 0.0181. The summed E-state index contributed by atoms with van der Waals surface area (Å²) < 4.78 is 0. The molecule has 4 amide bonds. The highest BCUT2D eigenvalue weighted by molar-refractivity contribution is 7.80. The molecule has 15 heteroatoms. The molecule has 0 aromatic carbocycles. The van der Waals surface area contributed by atoms with Crippen LogP contribution in [0.5, 0.6) is 0 Å². The summed E-state index contributed by atoms with van der Waals surface area (Å²) in [4.78, 5) is 61.8. The van der Waals surface area contributed by atoms with Crippen LogP contribution in [0.3, 0.4) is 0 Å². The molecule has 0 rings (SSSR count). The molecule has 0 radical (unpaired) electrons. The zero-order chi connectivity index (χ0) is 24.0. The van der Waals surface area contributed by atoms with Crippen molar-refractivity contribution in [2.45, 2.75) is 43.8 Å². The molecule has 0 aliphatic heterocycles. The van der Waals surface area contributed by atoms with E-state index in [1.54, 1.807) is 0 Å². The third kappa shape index (κ3) is 13.0. The molecule has 0 aromatic rings. The molecule has 0 bridgehead atoms. The smallest absolute Gasteiger partial charge is 0.326 e. The van der Waals surface area contributed by atoms with E-state index < -0.39 is 54.3 Å². The number of aliphatic imine (C=N–C) groups is 1. The second kappa shape index (κ2) is 14.8. The van der Waals surface area contributed by atoms with E-state index in [9.17, 15) is 29.1 Å². The van der Waals surface area contributed by atoms with Crippen molar-refractivity contribution in [3.63, 3.8) is 0 Å². The maximum absolute atomic E-state index is 12.3. The Bertz CT molecular complexity index is 685. The van der Waals surface area contributed by atoms with Gasteiger partial charge in [0.15, 0.2) is 5.96 Å². The van der Waals surface area contributed by atoms with Crippen molar-refractivity contribution in [3.05, 3.63) is 0 Å². The van der Waals surface area contributed by atoms with Gasteiger partial charge in [0.1, 0.15) is 12.1 Å². The monoisotopic (exact) mass is 462 g/mol. The molecule has 12 N–H and O–H groups in total. The second-order valence-electron chi connectivity index (χ2n) is 6.48. The topological polar surface area (TPSA) is 258 Å². The normalized spacial score (nSPS) is 13.2. The number of nitrogens with zero attached hydrogens (tertiary/aromatic N) is 1. The largest absolute Gasteiger partial charge is 0.480 e. The summed E-state index contributed by atoms with van der Waals surface area (Å²) >= 11 is 3.98. The lowest BCUT2D eigenvalue weighted by atomic mass is 10.1. The van der Waals surface area contributed by atoms with Gasteiger partial charge < -0.3 is 44.0 Å². The highest BCUT2D eigenvalue weighted by Crippen LogP contribution is 2.00.